The zero-order valence-electron chi connectivity index (χ0n) is 15.8. The van der Waals surface area contributed by atoms with Crippen LogP contribution in [0.15, 0.2) is 29.3 Å². The summed E-state index contributed by atoms with van der Waals surface area (Å²) in [4.78, 5) is 4.56. The third-order valence-electron chi connectivity index (χ3n) is 3.81. The monoisotopic (exact) mass is 477 g/mol. The van der Waals surface area contributed by atoms with Crippen molar-refractivity contribution in [1.29, 1.82) is 0 Å². The number of aliphatic imine (C=N–C) groups is 1. The number of rotatable bonds is 10. The lowest BCUT2D eigenvalue weighted by atomic mass is 10.2. The van der Waals surface area contributed by atoms with E-state index < -0.39 is 0 Å². The maximum atomic E-state index is 5.75. The van der Waals surface area contributed by atoms with Crippen LogP contribution in [-0.4, -0.2) is 58.1 Å². The molecule has 0 radical (unpaired) electrons. The lowest BCUT2D eigenvalue weighted by Crippen LogP contribution is -2.39. The van der Waals surface area contributed by atoms with Gasteiger partial charge in [0.1, 0.15) is 12.4 Å². The van der Waals surface area contributed by atoms with Crippen molar-refractivity contribution in [3.05, 3.63) is 29.8 Å². The van der Waals surface area contributed by atoms with Gasteiger partial charge in [0.05, 0.1) is 19.3 Å². The molecule has 148 valence electrons. The Morgan fingerprint density at radius 1 is 1.31 bits per heavy atom. The Hall–Kier alpha value is -1.06. The Bertz CT molecular complexity index is 523. The predicted octanol–water partition coefficient (Wildman–Crippen LogP) is 2.74. The number of nitrogens with one attached hydrogen (secondary N) is 2. The minimum Gasteiger partial charge on any atom is -0.492 e. The highest BCUT2D eigenvalue weighted by atomic mass is 127. The van der Waals surface area contributed by atoms with E-state index >= 15 is 0 Å². The van der Waals surface area contributed by atoms with E-state index in [1.165, 1.54) is 5.56 Å². The summed E-state index contributed by atoms with van der Waals surface area (Å²) in [6.07, 6.45) is 2.19. The first-order valence-corrected chi connectivity index (χ1v) is 9.19. The van der Waals surface area contributed by atoms with E-state index in [0.717, 1.165) is 57.5 Å². The van der Waals surface area contributed by atoms with Crippen LogP contribution in [0.25, 0.3) is 0 Å². The molecule has 1 aliphatic heterocycles. The van der Waals surface area contributed by atoms with Crippen molar-refractivity contribution in [3.63, 3.8) is 0 Å². The van der Waals surface area contributed by atoms with Gasteiger partial charge in [-0.05, 0) is 44.4 Å². The number of nitrogens with zero attached hydrogens (tertiary/aromatic N) is 1. The Balaban J connectivity index is 0.00000338. The van der Waals surface area contributed by atoms with Crippen molar-refractivity contribution >= 4 is 29.9 Å². The fourth-order valence-electron chi connectivity index (χ4n) is 2.53. The Morgan fingerprint density at radius 3 is 2.92 bits per heavy atom. The number of halogens is 1. The fraction of sp³-hybridized carbons (Fsp3) is 0.632. The van der Waals surface area contributed by atoms with E-state index in [1.54, 1.807) is 0 Å². The molecule has 6 nitrogen and oxygen atoms in total. The van der Waals surface area contributed by atoms with E-state index in [1.807, 2.05) is 18.2 Å². The standard InChI is InChI=1S/C19H31N3O3.HI/c1-3-20-19(21-9-5-11-24-18-8-12-23-15-18)22-10-13-25-17-7-4-6-16(2)14-17;/h4,6-7,14,18H,3,5,8-13,15H2,1-2H3,(H2,20,21,22);1H. The van der Waals surface area contributed by atoms with Crippen molar-refractivity contribution in [1.82, 2.24) is 10.6 Å². The Morgan fingerprint density at radius 2 is 2.19 bits per heavy atom. The lowest BCUT2D eigenvalue weighted by molar-refractivity contribution is 0.0424. The summed E-state index contributed by atoms with van der Waals surface area (Å²) in [5, 5.41) is 6.54. The molecule has 2 rings (SSSR count). The van der Waals surface area contributed by atoms with Crippen LogP contribution in [0.4, 0.5) is 0 Å². The summed E-state index contributed by atoms with van der Waals surface area (Å²) in [7, 11) is 0. The van der Waals surface area contributed by atoms with Gasteiger partial charge in [-0.25, -0.2) is 0 Å². The van der Waals surface area contributed by atoms with Crippen molar-refractivity contribution in [2.45, 2.75) is 32.8 Å². The Kier molecular flexibility index (Phi) is 12.4. The Labute approximate surface area is 174 Å². The van der Waals surface area contributed by atoms with Gasteiger partial charge < -0.3 is 24.8 Å². The average molecular weight is 477 g/mol. The lowest BCUT2D eigenvalue weighted by Gasteiger charge is -2.13. The van der Waals surface area contributed by atoms with E-state index in [-0.39, 0.29) is 30.1 Å². The van der Waals surface area contributed by atoms with E-state index in [0.29, 0.717) is 13.2 Å². The summed E-state index contributed by atoms with van der Waals surface area (Å²) >= 11 is 0. The van der Waals surface area contributed by atoms with Gasteiger partial charge in [0.2, 0.25) is 0 Å². The van der Waals surface area contributed by atoms with Crippen molar-refractivity contribution in [2.75, 3.05) is 46.1 Å². The first-order chi connectivity index (χ1) is 12.3. The molecule has 1 heterocycles. The average Bonchev–Trinajstić information content (AvgIpc) is 3.12. The number of hydrogen-bond donors (Lipinski definition) is 2. The summed E-state index contributed by atoms with van der Waals surface area (Å²) < 4.78 is 16.8. The second kappa shape index (κ2) is 14.1. The molecule has 0 bridgehead atoms. The molecule has 0 spiro atoms. The molecule has 0 aliphatic carbocycles. The van der Waals surface area contributed by atoms with Gasteiger partial charge in [-0.2, -0.15) is 0 Å². The molecular weight excluding hydrogens is 445 g/mol. The molecule has 1 aromatic rings. The third-order valence-corrected chi connectivity index (χ3v) is 3.81. The molecule has 1 fully saturated rings. The number of benzene rings is 1. The smallest absolute Gasteiger partial charge is 0.191 e. The first kappa shape index (κ1) is 23.0. The summed E-state index contributed by atoms with van der Waals surface area (Å²) in [5.74, 6) is 1.72. The second-order valence-corrected chi connectivity index (χ2v) is 6.06. The molecular formula is C19H32IN3O3. The molecule has 1 unspecified atom stereocenters. The maximum absolute atomic E-state index is 5.75. The van der Waals surface area contributed by atoms with Gasteiger partial charge >= 0.3 is 0 Å². The molecule has 0 aromatic heterocycles. The number of aryl methyl sites for hydroxylation is 1. The fourth-order valence-corrected chi connectivity index (χ4v) is 2.53. The van der Waals surface area contributed by atoms with Gasteiger partial charge in [0.25, 0.3) is 0 Å². The largest absolute Gasteiger partial charge is 0.492 e. The quantitative estimate of drug-likeness (QED) is 0.235. The van der Waals surface area contributed by atoms with Crippen LogP contribution in [0.3, 0.4) is 0 Å². The summed E-state index contributed by atoms with van der Waals surface area (Å²) in [6.45, 7) is 9.27. The van der Waals surface area contributed by atoms with Crippen molar-refractivity contribution < 1.29 is 14.2 Å². The van der Waals surface area contributed by atoms with Crippen LogP contribution >= 0.6 is 24.0 Å². The molecule has 2 N–H and O–H groups in total. The van der Waals surface area contributed by atoms with Crippen LogP contribution in [0.5, 0.6) is 5.75 Å². The topological polar surface area (TPSA) is 64.1 Å². The first-order valence-electron chi connectivity index (χ1n) is 9.19. The van der Waals surface area contributed by atoms with Gasteiger partial charge in [0, 0.05) is 26.3 Å². The summed E-state index contributed by atoms with van der Waals surface area (Å²) in [5.41, 5.74) is 1.20. The molecule has 26 heavy (non-hydrogen) atoms. The molecule has 0 saturated carbocycles. The van der Waals surface area contributed by atoms with E-state index in [4.69, 9.17) is 14.2 Å². The number of guanidine groups is 1. The zero-order chi connectivity index (χ0) is 17.7. The molecule has 0 amide bonds. The molecule has 1 atom stereocenters. The maximum Gasteiger partial charge on any atom is 0.191 e. The minimum absolute atomic E-state index is 0. The van der Waals surface area contributed by atoms with Crippen LogP contribution in [-0.2, 0) is 9.47 Å². The number of ether oxygens (including phenoxy) is 3. The van der Waals surface area contributed by atoms with Crippen molar-refractivity contribution in [3.8, 4) is 5.75 Å². The van der Waals surface area contributed by atoms with Crippen LogP contribution in [0, 0.1) is 6.92 Å². The number of hydrogen-bond acceptors (Lipinski definition) is 4. The van der Waals surface area contributed by atoms with Crippen LogP contribution < -0.4 is 15.4 Å². The van der Waals surface area contributed by atoms with Gasteiger partial charge in [-0.3, -0.25) is 4.99 Å². The summed E-state index contributed by atoms with van der Waals surface area (Å²) in [6, 6.07) is 8.07. The minimum atomic E-state index is 0. The highest BCUT2D eigenvalue weighted by Gasteiger charge is 2.15. The zero-order valence-corrected chi connectivity index (χ0v) is 18.2. The third kappa shape index (κ3) is 9.59. The van der Waals surface area contributed by atoms with Gasteiger partial charge in [0.15, 0.2) is 5.96 Å². The highest BCUT2D eigenvalue weighted by Crippen LogP contribution is 2.11. The SMILES string of the molecule is CCNC(=NCCCOC1CCOC1)NCCOc1cccc(C)c1.I. The van der Waals surface area contributed by atoms with Gasteiger partial charge in [-0.15, -0.1) is 24.0 Å². The van der Waals surface area contributed by atoms with Crippen LogP contribution in [0.1, 0.15) is 25.3 Å². The van der Waals surface area contributed by atoms with E-state index in [9.17, 15) is 0 Å². The molecule has 7 heteroatoms. The van der Waals surface area contributed by atoms with Gasteiger partial charge in [-0.1, -0.05) is 12.1 Å². The second-order valence-electron chi connectivity index (χ2n) is 6.06. The van der Waals surface area contributed by atoms with E-state index in [2.05, 4.69) is 35.5 Å². The van der Waals surface area contributed by atoms with Crippen molar-refractivity contribution in [2.24, 2.45) is 4.99 Å². The molecule has 1 aliphatic rings. The molecule has 1 saturated heterocycles. The normalized spacial score (nSPS) is 16.8. The predicted molar refractivity (Wildman–Crippen MR) is 116 cm³/mol. The van der Waals surface area contributed by atoms with Crippen LogP contribution in [0.2, 0.25) is 0 Å². The highest BCUT2D eigenvalue weighted by molar-refractivity contribution is 14.0. The molecule has 1 aromatic carbocycles.